The maximum atomic E-state index is 6.25. The highest BCUT2D eigenvalue weighted by molar-refractivity contribution is 6.30. The van der Waals surface area contributed by atoms with E-state index in [0.29, 0.717) is 5.41 Å². The van der Waals surface area contributed by atoms with Gasteiger partial charge in [-0.3, -0.25) is 0 Å². The molecule has 1 N–H and O–H groups in total. The Morgan fingerprint density at radius 2 is 2.00 bits per heavy atom. The van der Waals surface area contributed by atoms with Crippen molar-refractivity contribution in [2.75, 3.05) is 25.0 Å². The standard InChI is InChI=1S/C19H27ClN2.H2/c1-14(15-4-2-3-5-15)22-10-8-19(9-11-22)13-21-18-7-6-16(20)12-17(18)19;/h6-7,12,14-15,21H,2-5,8-11,13H2,1H3;1H. The van der Waals surface area contributed by atoms with Crippen molar-refractivity contribution in [1.29, 1.82) is 0 Å². The van der Waals surface area contributed by atoms with E-state index in [1.807, 2.05) is 6.07 Å². The smallest absolute Gasteiger partial charge is 0.0410 e. The van der Waals surface area contributed by atoms with Crippen LogP contribution < -0.4 is 5.32 Å². The maximum absolute atomic E-state index is 6.25. The molecule has 1 atom stereocenters. The summed E-state index contributed by atoms with van der Waals surface area (Å²) in [5.74, 6) is 0.942. The molecule has 4 rings (SSSR count). The van der Waals surface area contributed by atoms with Crippen molar-refractivity contribution in [3.8, 4) is 0 Å². The van der Waals surface area contributed by atoms with Crippen LogP contribution in [0.2, 0.25) is 5.02 Å². The van der Waals surface area contributed by atoms with E-state index in [-0.39, 0.29) is 1.43 Å². The second-order valence-corrected chi connectivity index (χ2v) is 8.08. The van der Waals surface area contributed by atoms with Crippen molar-refractivity contribution < 1.29 is 1.43 Å². The van der Waals surface area contributed by atoms with Gasteiger partial charge in [0.15, 0.2) is 0 Å². The third-order valence-corrected chi connectivity index (χ3v) is 6.82. The van der Waals surface area contributed by atoms with Crippen molar-refractivity contribution >= 4 is 17.3 Å². The molecule has 2 fully saturated rings. The lowest BCUT2D eigenvalue weighted by molar-refractivity contribution is 0.0973. The number of nitrogens with one attached hydrogen (secondary N) is 1. The van der Waals surface area contributed by atoms with Gasteiger partial charge in [0.2, 0.25) is 0 Å². The number of fused-ring (bicyclic) bond motifs is 2. The fourth-order valence-corrected chi connectivity index (χ4v) is 5.18. The molecular weight excluding hydrogens is 292 g/mol. The van der Waals surface area contributed by atoms with E-state index in [2.05, 4.69) is 29.3 Å². The molecule has 0 bridgehead atoms. The van der Waals surface area contributed by atoms with E-state index in [1.165, 1.54) is 62.9 Å². The lowest BCUT2D eigenvalue weighted by Gasteiger charge is -2.43. The van der Waals surface area contributed by atoms with E-state index >= 15 is 0 Å². The fraction of sp³-hybridized carbons (Fsp3) is 0.684. The number of hydrogen-bond acceptors (Lipinski definition) is 2. The first-order chi connectivity index (χ1) is 10.7. The van der Waals surface area contributed by atoms with Gasteiger partial charge in [-0.2, -0.15) is 0 Å². The molecule has 1 saturated carbocycles. The van der Waals surface area contributed by atoms with Crippen LogP contribution in [-0.2, 0) is 5.41 Å². The third kappa shape index (κ3) is 2.45. The number of halogens is 1. The summed E-state index contributed by atoms with van der Waals surface area (Å²) in [6.45, 7) is 6.04. The molecule has 1 aromatic carbocycles. The molecule has 22 heavy (non-hydrogen) atoms. The Kier molecular flexibility index (Phi) is 3.86. The average molecular weight is 321 g/mol. The predicted molar refractivity (Wildman–Crippen MR) is 96.0 cm³/mol. The number of anilines is 1. The largest absolute Gasteiger partial charge is 0.384 e. The molecule has 3 aliphatic rings. The number of nitrogens with zero attached hydrogens (tertiary/aromatic N) is 1. The van der Waals surface area contributed by atoms with Crippen LogP contribution in [0.5, 0.6) is 0 Å². The van der Waals surface area contributed by atoms with Gasteiger partial charge in [0.1, 0.15) is 0 Å². The quantitative estimate of drug-likeness (QED) is 0.831. The Morgan fingerprint density at radius 3 is 2.73 bits per heavy atom. The van der Waals surface area contributed by atoms with Crippen LogP contribution in [0.25, 0.3) is 0 Å². The summed E-state index contributed by atoms with van der Waals surface area (Å²) in [7, 11) is 0. The molecule has 122 valence electrons. The van der Waals surface area contributed by atoms with E-state index < -0.39 is 0 Å². The summed E-state index contributed by atoms with van der Waals surface area (Å²) < 4.78 is 0. The molecule has 0 amide bonds. The SMILES string of the molecule is CC(C1CCCC1)N1CCC2(CC1)CNc1ccc(Cl)cc12.[HH]. The van der Waals surface area contributed by atoms with Crippen LogP contribution in [0.15, 0.2) is 18.2 Å². The van der Waals surface area contributed by atoms with Gasteiger partial charge in [0.25, 0.3) is 0 Å². The zero-order valence-electron chi connectivity index (χ0n) is 13.6. The van der Waals surface area contributed by atoms with Gasteiger partial charge in [0, 0.05) is 30.1 Å². The molecule has 1 aliphatic carbocycles. The monoisotopic (exact) mass is 320 g/mol. The third-order valence-electron chi connectivity index (χ3n) is 6.58. The van der Waals surface area contributed by atoms with Gasteiger partial charge in [-0.25, -0.2) is 0 Å². The predicted octanol–water partition coefficient (Wildman–Crippen LogP) is 4.92. The number of likely N-dealkylation sites (tertiary alicyclic amines) is 1. The Balaban J connectivity index is 0.00000156. The first kappa shape index (κ1) is 14.8. The van der Waals surface area contributed by atoms with Crippen LogP contribution in [-0.4, -0.2) is 30.6 Å². The lowest BCUT2D eigenvalue weighted by Crippen LogP contribution is -2.48. The van der Waals surface area contributed by atoms with Gasteiger partial charge in [-0.15, -0.1) is 0 Å². The van der Waals surface area contributed by atoms with Gasteiger partial charge < -0.3 is 10.2 Å². The summed E-state index contributed by atoms with van der Waals surface area (Å²) in [5.41, 5.74) is 3.10. The average Bonchev–Trinajstić information content (AvgIpc) is 3.17. The fourth-order valence-electron chi connectivity index (χ4n) is 5.01. The Morgan fingerprint density at radius 1 is 1.27 bits per heavy atom. The van der Waals surface area contributed by atoms with Gasteiger partial charge in [-0.1, -0.05) is 24.4 Å². The summed E-state index contributed by atoms with van der Waals surface area (Å²) in [6.07, 6.45) is 8.32. The van der Waals surface area contributed by atoms with E-state index in [9.17, 15) is 0 Å². The van der Waals surface area contributed by atoms with Crippen LogP contribution >= 0.6 is 11.6 Å². The second-order valence-electron chi connectivity index (χ2n) is 7.64. The highest BCUT2D eigenvalue weighted by Crippen LogP contribution is 2.45. The van der Waals surface area contributed by atoms with E-state index in [1.54, 1.807) is 0 Å². The zero-order chi connectivity index (χ0) is 15.2. The van der Waals surface area contributed by atoms with Gasteiger partial charge in [0.05, 0.1) is 0 Å². The molecule has 0 aromatic heterocycles. The van der Waals surface area contributed by atoms with E-state index in [4.69, 9.17) is 11.6 Å². The minimum absolute atomic E-state index is 0. The van der Waals surface area contributed by atoms with Crippen molar-refractivity contribution in [3.05, 3.63) is 28.8 Å². The highest BCUT2D eigenvalue weighted by Gasteiger charge is 2.42. The normalized spacial score (nSPS) is 26.1. The summed E-state index contributed by atoms with van der Waals surface area (Å²) in [6, 6.07) is 7.13. The first-order valence-electron chi connectivity index (χ1n) is 8.96. The summed E-state index contributed by atoms with van der Waals surface area (Å²) in [5, 5.41) is 4.49. The molecule has 2 aliphatic heterocycles. The lowest BCUT2D eigenvalue weighted by atomic mass is 9.74. The molecule has 2 nitrogen and oxygen atoms in total. The molecular formula is C19H29ClN2. The highest BCUT2D eigenvalue weighted by atomic mass is 35.5. The van der Waals surface area contributed by atoms with Crippen molar-refractivity contribution in [2.24, 2.45) is 5.92 Å². The topological polar surface area (TPSA) is 15.3 Å². The Labute approximate surface area is 140 Å². The second kappa shape index (κ2) is 5.72. The Bertz CT molecular complexity index is 548. The molecule has 0 radical (unpaired) electrons. The minimum Gasteiger partial charge on any atom is -0.384 e. The van der Waals surface area contributed by atoms with Crippen molar-refractivity contribution in [1.82, 2.24) is 4.90 Å². The Hall–Kier alpha value is -0.730. The minimum atomic E-state index is 0. The van der Waals surface area contributed by atoms with Crippen LogP contribution in [0.3, 0.4) is 0 Å². The number of piperidine rings is 1. The molecule has 2 heterocycles. The van der Waals surface area contributed by atoms with Gasteiger partial charge in [-0.05, 0) is 75.4 Å². The van der Waals surface area contributed by atoms with Crippen LogP contribution in [0.4, 0.5) is 5.69 Å². The number of benzene rings is 1. The van der Waals surface area contributed by atoms with Crippen molar-refractivity contribution in [2.45, 2.75) is 56.9 Å². The molecule has 3 heteroatoms. The molecule has 1 saturated heterocycles. The summed E-state index contributed by atoms with van der Waals surface area (Å²) in [4.78, 5) is 2.75. The van der Waals surface area contributed by atoms with Crippen LogP contribution in [0, 0.1) is 5.92 Å². The number of hydrogen-bond donors (Lipinski definition) is 1. The molecule has 1 aromatic rings. The molecule has 1 spiro atoms. The summed E-state index contributed by atoms with van der Waals surface area (Å²) >= 11 is 6.25. The number of rotatable bonds is 2. The molecule has 1 unspecified atom stereocenters. The van der Waals surface area contributed by atoms with Crippen LogP contribution in [0.1, 0.15) is 52.4 Å². The van der Waals surface area contributed by atoms with E-state index in [0.717, 1.165) is 23.5 Å². The zero-order valence-corrected chi connectivity index (χ0v) is 14.3. The maximum Gasteiger partial charge on any atom is 0.0410 e. The van der Waals surface area contributed by atoms with Crippen molar-refractivity contribution in [3.63, 3.8) is 0 Å². The first-order valence-corrected chi connectivity index (χ1v) is 9.34. The van der Waals surface area contributed by atoms with Gasteiger partial charge >= 0.3 is 0 Å².